The summed E-state index contributed by atoms with van der Waals surface area (Å²) in [6.07, 6.45) is 3.03. The number of fused-ring (bicyclic) bond motifs is 3. The standard InChI is InChI=1S/C23H22ClFN6O2/c24-14-5-11-6-15(25)10(7-16(11)30-21(14)27)1-3-23-8-13(23)17(18(32)19(23)33)31-4-2-12-20(26)28-9-29-22(12)31/h2,4-7,9,13,17-19,32-33H,1,3,8H2,(H2,27,30)(H2,26,28,29)/t13-,17-,18+,19+,23+/m1/s1. The van der Waals surface area contributed by atoms with E-state index in [4.69, 9.17) is 23.1 Å². The highest BCUT2D eigenvalue weighted by Crippen LogP contribution is 2.69. The molecular formula is C23H22ClFN6O2. The fourth-order valence-electron chi connectivity index (χ4n) is 5.73. The minimum atomic E-state index is -0.958. The van der Waals surface area contributed by atoms with E-state index in [9.17, 15) is 14.6 Å². The summed E-state index contributed by atoms with van der Waals surface area (Å²) in [7, 11) is 0. The molecule has 2 aliphatic carbocycles. The van der Waals surface area contributed by atoms with Gasteiger partial charge in [-0.05, 0) is 55.0 Å². The maximum Gasteiger partial charge on any atom is 0.145 e. The molecule has 3 aromatic heterocycles. The second kappa shape index (κ2) is 6.99. The summed E-state index contributed by atoms with van der Waals surface area (Å²) >= 11 is 6.00. The molecule has 0 radical (unpaired) electrons. The first-order valence-electron chi connectivity index (χ1n) is 10.8. The van der Waals surface area contributed by atoms with Crippen LogP contribution in [0.2, 0.25) is 5.02 Å². The number of hydrogen-bond acceptors (Lipinski definition) is 7. The number of aromatic nitrogens is 4. The summed E-state index contributed by atoms with van der Waals surface area (Å²) in [4.78, 5) is 12.6. The number of halogens is 2. The number of rotatable bonds is 4. The topological polar surface area (TPSA) is 136 Å². The number of nitrogens with two attached hydrogens (primary N) is 2. The molecule has 2 fully saturated rings. The van der Waals surface area contributed by atoms with Gasteiger partial charge in [0.05, 0.1) is 28.1 Å². The van der Waals surface area contributed by atoms with Crippen molar-refractivity contribution in [1.29, 1.82) is 0 Å². The quantitative estimate of drug-likeness (QED) is 0.361. The largest absolute Gasteiger partial charge is 0.390 e. The van der Waals surface area contributed by atoms with Crippen LogP contribution in [-0.4, -0.2) is 41.9 Å². The van der Waals surface area contributed by atoms with Gasteiger partial charge in [0.2, 0.25) is 0 Å². The van der Waals surface area contributed by atoms with E-state index < -0.39 is 17.6 Å². The zero-order valence-corrected chi connectivity index (χ0v) is 18.2. The smallest absolute Gasteiger partial charge is 0.145 e. The lowest BCUT2D eigenvalue weighted by Gasteiger charge is -2.24. The van der Waals surface area contributed by atoms with Gasteiger partial charge in [0, 0.05) is 17.0 Å². The van der Waals surface area contributed by atoms with E-state index in [1.54, 1.807) is 12.1 Å². The van der Waals surface area contributed by atoms with Gasteiger partial charge in [-0.15, -0.1) is 0 Å². The van der Waals surface area contributed by atoms with E-state index >= 15 is 0 Å². The lowest BCUT2D eigenvalue weighted by Crippen LogP contribution is -2.34. The average molecular weight is 469 g/mol. The van der Waals surface area contributed by atoms with Crippen molar-refractivity contribution in [2.45, 2.75) is 37.5 Å². The zero-order valence-electron chi connectivity index (χ0n) is 17.5. The molecule has 5 atom stereocenters. The fourth-order valence-corrected chi connectivity index (χ4v) is 5.89. The van der Waals surface area contributed by atoms with Crippen LogP contribution in [0, 0.1) is 17.2 Å². The predicted molar refractivity (Wildman–Crippen MR) is 123 cm³/mol. The summed E-state index contributed by atoms with van der Waals surface area (Å²) in [6.45, 7) is 0. The first-order chi connectivity index (χ1) is 15.8. The Labute approximate surface area is 193 Å². The number of aliphatic hydroxyl groups excluding tert-OH is 2. The van der Waals surface area contributed by atoms with E-state index in [0.717, 1.165) is 6.42 Å². The Morgan fingerprint density at radius 3 is 2.82 bits per heavy atom. The van der Waals surface area contributed by atoms with E-state index in [2.05, 4.69) is 15.0 Å². The number of anilines is 2. The molecule has 0 saturated heterocycles. The lowest BCUT2D eigenvalue weighted by molar-refractivity contribution is -0.0192. The van der Waals surface area contributed by atoms with Crippen molar-refractivity contribution in [3.05, 3.63) is 53.2 Å². The van der Waals surface area contributed by atoms with Crippen LogP contribution in [0.25, 0.3) is 21.9 Å². The van der Waals surface area contributed by atoms with Crippen LogP contribution < -0.4 is 11.5 Å². The minimum Gasteiger partial charge on any atom is -0.390 e. The van der Waals surface area contributed by atoms with E-state index in [1.165, 1.54) is 12.4 Å². The van der Waals surface area contributed by atoms with E-state index in [0.29, 0.717) is 46.2 Å². The number of nitrogens with zero attached hydrogens (tertiary/aromatic N) is 4. The molecule has 10 heteroatoms. The van der Waals surface area contributed by atoms with Crippen LogP contribution in [0.4, 0.5) is 16.0 Å². The third kappa shape index (κ3) is 2.92. The molecule has 2 saturated carbocycles. The molecule has 4 aromatic rings. The summed E-state index contributed by atoms with van der Waals surface area (Å²) in [5.74, 6) is 0.261. The maximum absolute atomic E-state index is 14.8. The molecule has 1 aromatic carbocycles. The van der Waals surface area contributed by atoms with Crippen molar-refractivity contribution < 1.29 is 14.6 Å². The predicted octanol–water partition coefficient (Wildman–Crippen LogP) is 2.85. The lowest BCUT2D eigenvalue weighted by atomic mass is 9.91. The fraction of sp³-hybridized carbons (Fsp3) is 0.348. The number of hydrogen-bond donors (Lipinski definition) is 4. The molecule has 33 heavy (non-hydrogen) atoms. The van der Waals surface area contributed by atoms with Crippen molar-refractivity contribution in [3.8, 4) is 0 Å². The summed E-state index contributed by atoms with van der Waals surface area (Å²) in [5.41, 5.74) is 13.0. The van der Waals surface area contributed by atoms with Gasteiger partial charge in [0.25, 0.3) is 0 Å². The number of nitrogen functional groups attached to an aromatic ring is 2. The highest BCUT2D eigenvalue weighted by atomic mass is 35.5. The molecule has 6 rings (SSSR count). The van der Waals surface area contributed by atoms with Crippen molar-refractivity contribution in [1.82, 2.24) is 19.5 Å². The maximum atomic E-state index is 14.8. The molecule has 170 valence electrons. The Morgan fingerprint density at radius 1 is 1.18 bits per heavy atom. The molecule has 3 heterocycles. The van der Waals surface area contributed by atoms with E-state index in [-0.39, 0.29) is 28.6 Å². The Bertz CT molecular complexity index is 1430. The molecular weight excluding hydrogens is 447 g/mol. The second-order valence-corrected chi connectivity index (χ2v) is 9.59. The number of aliphatic hydroxyl groups is 2. The Balaban J connectivity index is 1.29. The Morgan fingerprint density at radius 2 is 2.00 bits per heavy atom. The van der Waals surface area contributed by atoms with E-state index in [1.807, 2.05) is 16.8 Å². The molecule has 6 N–H and O–H groups in total. The number of benzene rings is 1. The molecule has 0 unspecified atom stereocenters. The van der Waals surface area contributed by atoms with Crippen molar-refractivity contribution >= 4 is 45.2 Å². The van der Waals surface area contributed by atoms with Gasteiger partial charge in [0.15, 0.2) is 0 Å². The molecule has 8 nitrogen and oxygen atoms in total. The van der Waals surface area contributed by atoms with Crippen LogP contribution in [-0.2, 0) is 6.42 Å². The van der Waals surface area contributed by atoms with Gasteiger partial charge in [-0.1, -0.05) is 11.6 Å². The summed E-state index contributed by atoms with van der Waals surface area (Å²) in [6, 6.07) is 6.17. The van der Waals surface area contributed by atoms with Crippen molar-refractivity contribution in [2.24, 2.45) is 11.3 Å². The minimum absolute atomic E-state index is 0.0467. The van der Waals surface area contributed by atoms with Crippen LogP contribution in [0.5, 0.6) is 0 Å². The van der Waals surface area contributed by atoms with Crippen molar-refractivity contribution in [3.63, 3.8) is 0 Å². The van der Waals surface area contributed by atoms with Crippen LogP contribution in [0.15, 0.2) is 36.8 Å². The first-order valence-corrected chi connectivity index (χ1v) is 11.2. The average Bonchev–Trinajstić information content (AvgIpc) is 3.27. The van der Waals surface area contributed by atoms with Gasteiger partial charge in [-0.25, -0.2) is 19.3 Å². The zero-order chi connectivity index (χ0) is 23.1. The van der Waals surface area contributed by atoms with Gasteiger partial charge < -0.3 is 26.2 Å². The first kappa shape index (κ1) is 20.6. The van der Waals surface area contributed by atoms with Crippen LogP contribution in [0.3, 0.4) is 0 Å². The monoisotopic (exact) mass is 468 g/mol. The molecule has 2 aliphatic rings. The van der Waals surface area contributed by atoms with Gasteiger partial charge >= 0.3 is 0 Å². The molecule has 0 bridgehead atoms. The van der Waals surface area contributed by atoms with Gasteiger partial charge in [-0.2, -0.15) is 0 Å². The van der Waals surface area contributed by atoms with Crippen molar-refractivity contribution in [2.75, 3.05) is 11.5 Å². The van der Waals surface area contributed by atoms with Gasteiger partial charge in [0.1, 0.15) is 35.5 Å². The summed E-state index contributed by atoms with van der Waals surface area (Å²) < 4.78 is 16.7. The normalized spacial score (nSPS) is 28.5. The molecule has 0 amide bonds. The molecule has 0 aliphatic heterocycles. The SMILES string of the molecule is Nc1nc2cc(CC[C@]34C[C@@H]3[C@@H](n3ccc5c(N)ncnc53)[C@H](O)[C@@H]4O)c(F)cc2cc1Cl. The third-order valence-corrected chi connectivity index (χ3v) is 7.84. The number of pyridine rings is 1. The highest BCUT2D eigenvalue weighted by Gasteiger charge is 2.70. The van der Waals surface area contributed by atoms with Gasteiger partial charge in [-0.3, -0.25) is 0 Å². The third-order valence-electron chi connectivity index (χ3n) is 7.54. The Hall–Kier alpha value is -3.01. The highest BCUT2D eigenvalue weighted by molar-refractivity contribution is 6.33. The van der Waals surface area contributed by atoms with Crippen LogP contribution in [0.1, 0.15) is 24.4 Å². The molecule has 0 spiro atoms. The Kier molecular flexibility index (Phi) is 4.36. The number of aryl methyl sites for hydroxylation is 1. The summed E-state index contributed by atoms with van der Waals surface area (Å²) in [5, 5.41) is 23.5. The second-order valence-electron chi connectivity index (χ2n) is 9.18. The van der Waals surface area contributed by atoms with Crippen LogP contribution >= 0.6 is 11.6 Å².